The quantitative estimate of drug-likeness (QED) is 0.491. The maximum atomic E-state index is 11.4. The minimum Gasteiger partial charge on any atom is -0.490 e. The third-order valence-electron chi connectivity index (χ3n) is 2.65. The second kappa shape index (κ2) is 5.70. The number of rotatable bonds is 4. The van der Waals surface area contributed by atoms with Crippen LogP contribution in [0.3, 0.4) is 0 Å². The fraction of sp³-hybridized carbons (Fsp3) is 0.154. The number of carbonyl (C=O) groups excluding carboxylic acids is 1. The van der Waals surface area contributed by atoms with Crippen molar-refractivity contribution in [2.24, 2.45) is 0 Å². The third kappa shape index (κ3) is 2.62. The van der Waals surface area contributed by atoms with E-state index in [1.165, 1.54) is 37.7 Å². The molecule has 104 valence electrons. The highest BCUT2D eigenvalue weighted by molar-refractivity contribution is 7.17. The van der Waals surface area contributed by atoms with Crippen molar-refractivity contribution in [2.75, 3.05) is 14.2 Å². The van der Waals surface area contributed by atoms with Crippen LogP contribution < -0.4 is 4.74 Å². The molecule has 0 aliphatic carbocycles. The van der Waals surface area contributed by atoms with Crippen LogP contribution in [0.1, 0.15) is 9.67 Å². The first-order valence-corrected chi connectivity index (χ1v) is 6.39. The lowest BCUT2D eigenvalue weighted by Gasteiger charge is -2.03. The van der Waals surface area contributed by atoms with Crippen molar-refractivity contribution in [2.45, 2.75) is 0 Å². The lowest BCUT2D eigenvalue weighted by Crippen LogP contribution is -1.96. The summed E-state index contributed by atoms with van der Waals surface area (Å²) in [5.41, 5.74) is 0.538. The summed E-state index contributed by atoms with van der Waals surface area (Å²) >= 11 is 1.21. The van der Waals surface area contributed by atoms with Crippen LogP contribution >= 0.6 is 11.3 Å². The molecular formula is C13H11NO5S. The molecule has 2 rings (SSSR count). The van der Waals surface area contributed by atoms with Gasteiger partial charge in [-0.1, -0.05) is 0 Å². The Hall–Kier alpha value is -2.41. The number of ether oxygens (including phenoxy) is 2. The van der Waals surface area contributed by atoms with Gasteiger partial charge in [0.05, 0.1) is 19.1 Å². The first-order valence-electron chi connectivity index (χ1n) is 5.57. The number of methoxy groups -OCH3 is 2. The van der Waals surface area contributed by atoms with E-state index in [1.54, 1.807) is 18.2 Å². The minimum atomic E-state index is -0.503. The van der Waals surface area contributed by atoms with Crippen LogP contribution in [-0.2, 0) is 4.74 Å². The zero-order chi connectivity index (χ0) is 14.7. The van der Waals surface area contributed by atoms with Crippen LogP contribution in [0.4, 0.5) is 5.69 Å². The third-order valence-corrected chi connectivity index (χ3v) is 3.77. The van der Waals surface area contributed by atoms with Crippen molar-refractivity contribution in [1.82, 2.24) is 0 Å². The largest absolute Gasteiger partial charge is 0.490 e. The molecule has 0 N–H and O–H groups in total. The molecule has 7 heteroatoms. The van der Waals surface area contributed by atoms with Gasteiger partial charge in [0.2, 0.25) is 0 Å². The Kier molecular flexibility index (Phi) is 3.99. The number of hydrogen-bond donors (Lipinski definition) is 0. The number of nitro benzene ring substituents is 1. The Labute approximate surface area is 118 Å². The van der Waals surface area contributed by atoms with Gasteiger partial charge in [-0.25, -0.2) is 4.79 Å². The number of nitro groups is 1. The molecule has 6 nitrogen and oxygen atoms in total. The molecule has 0 amide bonds. The number of hydrogen-bond acceptors (Lipinski definition) is 6. The van der Waals surface area contributed by atoms with Crippen LogP contribution in [0.25, 0.3) is 10.4 Å². The molecule has 1 heterocycles. The SMILES string of the molecule is COC(=O)c1ccc(-c2ccc(OC)c([N+](=O)[O-])c2)s1. The molecule has 0 atom stereocenters. The van der Waals surface area contributed by atoms with Crippen molar-refractivity contribution in [3.05, 3.63) is 45.3 Å². The summed E-state index contributed by atoms with van der Waals surface area (Å²) in [6.45, 7) is 0. The fourth-order valence-corrected chi connectivity index (χ4v) is 2.61. The maximum Gasteiger partial charge on any atom is 0.348 e. The summed E-state index contributed by atoms with van der Waals surface area (Å²) in [6, 6.07) is 8.01. The fourth-order valence-electron chi connectivity index (χ4n) is 1.69. The van der Waals surface area contributed by atoms with E-state index >= 15 is 0 Å². The van der Waals surface area contributed by atoms with E-state index in [4.69, 9.17) is 4.74 Å². The zero-order valence-corrected chi connectivity index (χ0v) is 11.6. The number of thiophene rings is 1. The summed E-state index contributed by atoms with van der Waals surface area (Å²) in [5, 5.41) is 11.0. The van der Waals surface area contributed by atoms with Crippen molar-refractivity contribution in [1.29, 1.82) is 0 Å². The van der Waals surface area contributed by atoms with Crippen LogP contribution in [0.5, 0.6) is 5.75 Å². The predicted octanol–water partition coefficient (Wildman–Crippen LogP) is 3.12. The van der Waals surface area contributed by atoms with Gasteiger partial charge < -0.3 is 9.47 Å². The normalized spacial score (nSPS) is 10.1. The van der Waals surface area contributed by atoms with Crippen LogP contribution in [0.2, 0.25) is 0 Å². The van der Waals surface area contributed by atoms with Crippen molar-refractivity contribution < 1.29 is 19.2 Å². The van der Waals surface area contributed by atoms with Gasteiger partial charge in [-0.05, 0) is 29.8 Å². The molecule has 0 aliphatic heterocycles. The number of nitrogens with zero attached hydrogens (tertiary/aromatic N) is 1. The average molecular weight is 293 g/mol. The zero-order valence-electron chi connectivity index (χ0n) is 10.8. The van der Waals surface area contributed by atoms with Gasteiger partial charge in [0, 0.05) is 10.9 Å². The predicted molar refractivity (Wildman–Crippen MR) is 74.3 cm³/mol. The van der Waals surface area contributed by atoms with Crippen LogP contribution in [0, 0.1) is 10.1 Å². The van der Waals surface area contributed by atoms with Gasteiger partial charge in [-0.3, -0.25) is 10.1 Å². The lowest BCUT2D eigenvalue weighted by atomic mass is 10.1. The Morgan fingerprint density at radius 3 is 2.60 bits per heavy atom. The maximum absolute atomic E-state index is 11.4. The molecule has 0 aliphatic rings. The van der Waals surface area contributed by atoms with E-state index in [-0.39, 0.29) is 11.4 Å². The van der Waals surface area contributed by atoms with Crippen molar-refractivity contribution in [3.63, 3.8) is 0 Å². The average Bonchev–Trinajstić information content (AvgIpc) is 2.95. The molecule has 0 bridgehead atoms. The van der Waals surface area contributed by atoms with E-state index in [0.717, 1.165) is 4.88 Å². The van der Waals surface area contributed by atoms with Gasteiger partial charge >= 0.3 is 11.7 Å². The Morgan fingerprint density at radius 2 is 2.00 bits per heavy atom. The molecule has 0 radical (unpaired) electrons. The van der Waals surface area contributed by atoms with E-state index < -0.39 is 10.9 Å². The molecule has 0 spiro atoms. The smallest absolute Gasteiger partial charge is 0.348 e. The topological polar surface area (TPSA) is 78.7 Å². The summed E-state index contributed by atoms with van der Waals surface area (Å²) in [5.74, 6) is -0.229. The summed E-state index contributed by atoms with van der Waals surface area (Å²) in [6.07, 6.45) is 0. The summed E-state index contributed by atoms with van der Waals surface area (Å²) < 4.78 is 9.57. The Morgan fingerprint density at radius 1 is 1.25 bits per heavy atom. The summed E-state index contributed by atoms with van der Waals surface area (Å²) in [4.78, 5) is 23.1. The highest BCUT2D eigenvalue weighted by atomic mass is 32.1. The minimum absolute atomic E-state index is 0.113. The first-order chi connectivity index (χ1) is 9.56. The van der Waals surface area contributed by atoms with Crippen LogP contribution in [-0.4, -0.2) is 25.1 Å². The monoisotopic (exact) mass is 293 g/mol. The van der Waals surface area contributed by atoms with Gasteiger partial charge in [-0.15, -0.1) is 11.3 Å². The number of carbonyl (C=O) groups is 1. The highest BCUT2D eigenvalue weighted by Crippen LogP contribution is 2.35. The molecular weight excluding hydrogens is 282 g/mol. The second-order valence-electron chi connectivity index (χ2n) is 3.80. The molecule has 1 aromatic heterocycles. The molecule has 0 fully saturated rings. The molecule has 20 heavy (non-hydrogen) atoms. The van der Waals surface area contributed by atoms with Gasteiger partial charge in [0.15, 0.2) is 5.75 Å². The molecule has 1 aromatic carbocycles. The van der Waals surface area contributed by atoms with E-state index in [9.17, 15) is 14.9 Å². The van der Waals surface area contributed by atoms with Gasteiger partial charge in [0.1, 0.15) is 4.88 Å². The van der Waals surface area contributed by atoms with E-state index in [0.29, 0.717) is 10.4 Å². The summed E-state index contributed by atoms with van der Waals surface area (Å²) in [7, 11) is 2.68. The first kappa shape index (κ1) is 14.0. The lowest BCUT2D eigenvalue weighted by molar-refractivity contribution is -0.385. The number of benzene rings is 1. The Bertz CT molecular complexity index is 665. The molecule has 0 saturated carbocycles. The second-order valence-corrected chi connectivity index (χ2v) is 4.88. The van der Waals surface area contributed by atoms with Gasteiger partial charge in [-0.2, -0.15) is 0 Å². The van der Waals surface area contributed by atoms with Gasteiger partial charge in [0.25, 0.3) is 0 Å². The Balaban J connectivity index is 2.43. The molecule has 2 aromatic rings. The van der Waals surface area contributed by atoms with E-state index in [2.05, 4.69) is 4.74 Å². The highest BCUT2D eigenvalue weighted by Gasteiger charge is 2.17. The van der Waals surface area contributed by atoms with Crippen molar-refractivity contribution >= 4 is 23.0 Å². The standard InChI is InChI=1S/C13H11NO5S/c1-18-10-4-3-8(7-9(10)14(16)17)11-5-6-12(20-11)13(15)19-2/h3-7H,1-2H3. The van der Waals surface area contributed by atoms with E-state index in [1.807, 2.05) is 0 Å². The van der Waals surface area contributed by atoms with Crippen LogP contribution in [0.15, 0.2) is 30.3 Å². The molecule has 0 unspecified atom stereocenters. The van der Waals surface area contributed by atoms with Crippen molar-refractivity contribution in [3.8, 4) is 16.2 Å². The number of esters is 1. The molecule has 0 saturated heterocycles.